The van der Waals surface area contributed by atoms with Crippen LogP contribution in [0.4, 0.5) is 0 Å². The van der Waals surface area contributed by atoms with Crippen molar-refractivity contribution in [2.75, 3.05) is 7.05 Å². The van der Waals surface area contributed by atoms with Crippen LogP contribution >= 0.6 is 0 Å². The Kier molecular flexibility index (Phi) is 3.66. The van der Waals surface area contributed by atoms with Crippen molar-refractivity contribution >= 4 is 5.91 Å². The molecule has 1 atom stereocenters. The first-order valence-corrected chi connectivity index (χ1v) is 5.88. The Morgan fingerprint density at radius 2 is 2.37 bits per heavy atom. The summed E-state index contributed by atoms with van der Waals surface area (Å²) in [5, 5.41) is 7.85. The molecule has 0 aliphatic rings. The van der Waals surface area contributed by atoms with Crippen molar-refractivity contribution in [3.63, 3.8) is 0 Å². The van der Waals surface area contributed by atoms with Crippen molar-refractivity contribution in [2.24, 2.45) is 12.8 Å². The Balaban J connectivity index is 2.02. The lowest BCUT2D eigenvalue weighted by Gasteiger charge is -2.19. The molecule has 2 aromatic heterocycles. The summed E-state index contributed by atoms with van der Waals surface area (Å²) in [4.78, 5) is 13.7. The van der Waals surface area contributed by atoms with Gasteiger partial charge in [-0.15, -0.1) is 0 Å². The second kappa shape index (κ2) is 5.23. The first-order chi connectivity index (χ1) is 8.97. The molecule has 0 bridgehead atoms. The zero-order valence-electron chi connectivity index (χ0n) is 11.2. The molecule has 102 valence electrons. The number of hydrogen-bond donors (Lipinski definition) is 1. The first kappa shape index (κ1) is 13.3. The zero-order valence-corrected chi connectivity index (χ0v) is 11.2. The van der Waals surface area contributed by atoms with E-state index in [0.29, 0.717) is 23.6 Å². The molecule has 2 heterocycles. The van der Waals surface area contributed by atoms with E-state index < -0.39 is 6.04 Å². The number of nitrogens with zero attached hydrogens (tertiary/aromatic N) is 4. The van der Waals surface area contributed by atoms with Gasteiger partial charge in [-0.2, -0.15) is 5.10 Å². The number of rotatable bonds is 4. The van der Waals surface area contributed by atoms with Gasteiger partial charge in [-0.3, -0.25) is 9.48 Å². The molecule has 2 aromatic rings. The Bertz CT molecular complexity index is 574. The van der Waals surface area contributed by atoms with E-state index in [2.05, 4.69) is 10.3 Å². The summed E-state index contributed by atoms with van der Waals surface area (Å²) >= 11 is 0. The summed E-state index contributed by atoms with van der Waals surface area (Å²) in [6.07, 6.45) is 3.33. The number of aromatic nitrogens is 3. The lowest BCUT2D eigenvalue weighted by atomic mass is 10.1. The molecule has 2 N–H and O–H groups in total. The summed E-state index contributed by atoms with van der Waals surface area (Å²) in [7, 11) is 3.46. The monoisotopic (exact) mass is 263 g/mol. The first-order valence-electron chi connectivity index (χ1n) is 5.88. The second-order valence-electron chi connectivity index (χ2n) is 4.55. The van der Waals surface area contributed by atoms with E-state index >= 15 is 0 Å². The fraction of sp³-hybridized carbons (Fsp3) is 0.417. The van der Waals surface area contributed by atoms with Gasteiger partial charge in [0.15, 0.2) is 0 Å². The maximum Gasteiger partial charge on any atom is 0.244 e. The van der Waals surface area contributed by atoms with Crippen molar-refractivity contribution in [1.29, 1.82) is 0 Å². The molecular formula is C12H17N5O2. The maximum absolute atomic E-state index is 12.2. The van der Waals surface area contributed by atoms with Gasteiger partial charge in [0.1, 0.15) is 17.5 Å². The van der Waals surface area contributed by atoms with Gasteiger partial charge in [0, 0.05) is 31.9 Å². The topological polar surface area (TPSA) is 90.2 Å². The summed E-state index contributed by atoms with van der Waals surface area (Å²) in [6, 6.07) is 1.08. The zero-order chi connectivity index (χ0) is 14.0. The van der Waals surface area contributed by atoms with Crippen LogP contribution < -0.4 is 5.73 Å². The van der Waals surface area contributed by atoms with Crippen LogP contribution in [0.5, 0.6) is 0 Å². The minimum atomic E-state index is -0.716. The van der Waals surface area contributed by atoms with E-state index in [1.807, 2.05) is 0 Å². The smallest absolute Gasteiger partial charge is 0.244 e. The minimum absolute atomic E-state index is 0.186. The highest BCUT2D eigenvalue weighted by molar-refractivity contribution is 5.82. The van der Waals surface area contributed by atoms with Crippen molar-refractivity contribution < 1.29 is 9.32 Å². The lowest BCUT2D eigenvalue weighted by Crippen LogP contribution is -2.35. The van der Waals surface area contributed by atoms with Crippen LogP contribution in [-0.4, -0.2) is 32.8 Å². The van der Waals surface area contributed by atoms with E-state index in [1.165, 1.54) is 4.90 Å². The molecular weight excluding hydrogens is 246 g/mol. The largest absolute Gasteiger partial charge is 0.361 e. The Morgan fingerprint density at radius 3 is 2.89 bits per heavy atom. The molecule has 0 aliphatic heterocycles. The van der Waals surface area contributed by atoms with Crippen LogP contribution in [-0.2, 0) is 18.4 Å². The fourth-order valence-corrected chi connectivity index (χ4v) is 1.79. The number of amides is 1. The molecule has 0 spiro atoms. The predicted octanol–water partition coefficient (Wildman–Crippen LogP) is 0.375. The predicted molar refractivity (Wildman–Crippen MR) is 67.9 cm³/mol. The van der Waals surface area contributed by atoms with Crippen LogP contribution in [0.1, 0.15) is 23.1 Å². The molecule has 0 saturated carbocycles. The van der Waals surface area contributed by atoms with E-state index in [4.69, 9.17) is 10.3 Å². The van der Waals surface area contributed by atoms with Gasteiger partial charge >= 0.3 is 0 Å². The Morgan fingerprint density at radius 1 is 1.63 bits per heavy atom. The van der Waals surface area contributed by atoms with E-state index in [1.54, 1.807) is 44.2 Å². The molecule has 7 heteroatoms. The number of aryl methyl sites for hydroxylation is 2. The number of nitrogens with two attached hydrogens (primary N) is 1. The van der Waals surface area contributed by atoms with Gasteiger partial charge in [-0.05, 0) is 6.92 Å². The SMILES string of the molecule is Cc1cc(CN(C)C(=O)C(N)c2cnn(C)c2)no1. The minimum Gasteiger partial charge on any atom is -0.361 e. The number of carbonyl (C=O) groups excluding carboxylic acids is 1. The molecule has 0 fully saturated rings. The third kappa shape index (κ3) is 3.00. The fourth-order valence-electron chi connectivity index (χ4n) is 1.79. The Labute approximate surface area is 111 Å². The van der Waals surface area contributed by atoms with Gasteiger partial charge in [0.25, 0.3) is 0 Å². The van der Waals surface area contributed by atoms with Crippen molar-refractivity contribution in [3.8, 4) is 0 Å². The van der Waals surface area contributed by atoms with Crippen LogP contribution in [0.25, 0.3) is 0 Å². The summed E-state index contributed by atoms with van der Waals surface area (Å²) in [5.74, 6) is 0.529. The van der Waals surface area contributed by atoms with Crippen LogP contribution in [0, 0.1) is 6.92 Å². The van der Waals surface area contributed by atoms with Gasteiger partial charge in [-0.25, -0.2) is 0 Å². The molecule has 1 amide bonds. The molecule has 0 radical (unpaired) electrons. The molecule has 0 aliphatic carbocycles. The number of carbonyl (C=O) groups is 1. The molecule has 7 nitrogen and oxygen atoms in total. The van der Waals surface area contributed by atoms with Crippen LogP contribution in [0.15, 0.2) is 23.0 Å². The maximum atomic E-state index is 12.2. The third-order valence-corrected chi connectivity index (χ3v) is 2.80. The van der Waals surface area contributed by atoms with Crippen LogP contribution in [0.3, 0.4) is 0 Å². The standard InChI is InChI=1S/C12H17N5O2/c1-8-4-10(15-19-8)7-16(2)12(18)11(13)9-5-14-17(3)6-9/h4-6,11H,7,13H2,1-3H3. The average molecular weight is 263 g/mol. The van der Waals surface area contributed by atoms with Crippen molar-refractivity contribution in [3.05, 3.63) is 35.5 Å². The molecule has 2 rings (SSSR count). The highest BCUT2D eigenvalue weighted by Crippen LogP contribution is 2.13. The lowest BCUT2D eigenvalue weighted by molar-refractivity contribution is -0.132. The second-order valence-corrected chi connectivity index (χ2v) is 4.55. The highest BCUT2D eigenvalue weighted by atomic mass is 16.5. The van der Waals surface area contributed by atoms with E-state index in [9.17, 15) is 4.79 Å². The normalized spacial score (nSPS) is 12.4. The van der Waals surface area contributed by atoms with Gasteiger partial charge in [0.2, 0.25) is 5.91 Å². The summed E-state index contributed by atoms with van der Waals surface area (Å²) < 4.78 is 6.58. The Hall–Kier alpha value is -2.15. The molecule has 1 unspecified atom stereocenters. The number of hydrogen-bond acceptors (Lipinski definition) is 5. The molecule has 0 saturated heterocycles. The highest BCUT2D eigenvalue weighted by Gasteiger charge is 2.21. The summed E-state index contributed by atoms with van der Waals surface area (Å²) in [6.45, 7) is 2.17. The van der Waals surface area contributed by atoms with E-state index in [-0.39, 0.29) is 5.91 Å². The number of likely N-dealkylation sites (N-methyl/N-ethyl adjacent to an activating group) is 1. The van der Waals surface area contributed by atoms with Gasteiger partial charge < -0.3 is 15.2 Å². The van der Waals surface area contributed by atoms with Gasteiger partial charge in [-0.1, -0.05) is 5.16 Å². The average Bonchev–Trinajstić information content (AvgIpc) is 2.96. The van der Waals surface area contributed by atoms with Gasteiger partial charge in [0.05, 0.1) is 12.7 Å². The summed E-state index contributed by atoms with van der Waals surface area (Å²) in [5.41, 5.74) is 7.31. The molecule has 0 aromatic carbocycles. The van der Waals surface area contributed by atoms with Crippen molar-refractivity contribution in [1.82, 2.24) is 19.8 Å². The third-order valence-electron chi connectivity index (χ3n) is 2.80. The quantitative estimate of drug-likeness (QED) is 0.861. The van der Waals surface area contributed by atoms with E-state index in [0.717, 1.165) is 0 Å². The van der Waals surface area contributed by atoms with Crippen LogP contribution in [0.2, 0.25) is 0 Å². The van der Waals surface area contributed by atoms with Crippen molar-refractivity contribution in [2.45, 2.75) is 19.5 Å². The molecule has 19 heavy (non-hydrogen) atoms.